The maximum atomic E-state index is 9.78. The van der Waals surface area contributed by atoms with Gasteiger partial charge in [0.2, 0.25) is 0 Å². The van der Waals surface area contributed by atoms with Crippen molar-refractivity contribution in [1.29, 1.82) is 0 Å². The predicted octanol–water partition coefficient (Wildman–Crippen LogP) is 2.89. The molecule has 2 aromatic rings. The maximum Gasteiger partial charge on any atom is 0.106 e. The van der Waals surface area contributed by atoms with Crippen LogP contribution in [-0.4, -0.2) is 5.11 Å². The number of rotatable bonds is 2. The third kappa shape index (κ3) is 1.43. The van der Waals surface area contributed by atoms with Gasteiger partial charge in [-0.3, -0.25) is 0 Å². The minimum Gasteiger partial charge on any atom is -0.384 e. The summed E-state index contributed by atoms with van der Waals surface area (Å²) in [6.07, 6.45) is -0.442. The predicted molar refractivity (Wildman–Crippen MR) is 52.7 cm³/mol. The van der Waals surface area contributed by atoms with E-state index in [1.165, 1.54) is 0 Å². The van der Waals surface area contributed by atoms with Crippen LogP contribution in [0.25, 0.3) is 0 Å². The molecule has 12 heavy (non-hydrogen) atoms. The normalized spacial score (nSPS) is 10.8. The van der Waals surface area contributed by atoms with E-state index in [1.807, 2.05) is 33.7 Å². The van der Waals surface area contributed by atoms with Crippen molar-refractivity contribution in [3.63, 3.8) is 0 Å². The first-order valence-electron chi connectivity index (χ1n) is 3.60. The van der Waals surface area contributed by atoms with Crippen molar-refractivity contribution in [2.24, 2.45) is 0 Å². The fourth-order valence-electron chi connectivity index (χ4n) is 1.05. The van der Waals surface area contributed by atoms with Gasteiger partial charge in [-0.05, 0) is 44.8 Å². The van der Waals surface area contributed by atoms with Gasteiger partial charge in [0.1, 0.15) is 6.10 Å². The summed E-state index contributed by atoms with van der Waals surface area (Å²) in [7, 11) is 0. The quantitative estimate of drug-likeness (QED) is 0.783. The molecule has 1 nitrogen and oxygen atoms in total. The molecule has 62 valence electrons. The van der Waals surface area contributed by atoms with E-state index in [-0.39, 0.29) is 0 Å². The van der Waals surface area contributed by atoms with Crippen LogP contribution in [0.5, 0.6) is 0 Å². The zero-order chi connectivity index (χ0) is 8.39. The Hall–Kier alpha value is -0.640. The SMILES string of the molecule is OC(c1ccsc1)c1ccsc1. The fourth-order valence-corrected chi connectivity index (χ4v) is 2.41. The van der Waals surface area contributed by atoms with E-state index in [0.29, 0.717) is 0 Å². The third-order valence-electron chi connectivity index (χ3n) is 1.72. The lowest BCUT2D eigenvalue weighted by Gasteiger charge is -2.04. The molecule has 2 rings (SSSR count). The topological polar surface area (TPSA) is 20.2 Å². The minimum absolute atomic E-state index is 0.442. The summed E-state index contributed by atoms with van der Waals surface area (Å²) in [6.45, 7) is 0. The molecule has 3 heteroatoms. The molecular weight excluding hydrogens is 188 g/mol. The van der Waals surface area contributed by atoms with Crippen LogP contribution < -0.4 is 0 Å². The Labute approximate surface area is 78.9 Å². The standard InChI is InChI=1S/C9H8OS2/c10-9(7-1-3-11-5-7)8-2-4-12-6-8/h1-6,9-10H. The summed E-state index contributed by atoms with van der Waals surface area (Å²) >= 11 is 3.22. The zero-order valence-corrected chi connectivity index (χ0v) is 7.94. The molecule has 0 aromatic carbocycles. The Morgan fingerprint density at radius 2 is 1.50 bits per heavy atom. The molecule has 0 saturated carbocycles. The van der Waals surface area contributed by atoms with E-state index in [2.05, 4.69) is 0 Å². The van der Waals surface area contributed by atoms with Gasteiger partial charge in [0.05, 0.1) is 0 Å². The van der Waals surface area contributed by atoms with E-state index < -0.39 is 6.10 Å². The van der Waals surface area contributed by atoms with Gasteiger partial charge in [-0.1, -0.05) is 0 Å². The van der Waals surface area contributed by atoms with E-state index >= 15 is 0 Å². The van der Waals surface area contributed by atoms with Gasteiger partial charge in [0.25, 0.3) is 0 Å². The average Bonchev–Trinajstić information content (AvgIpc) is 2.77. The summed E-state index contributed by atoms with van der Waals surface area (Å²) < 4.78 is 0. The first kappa shape index (κ1) is 7.98. The highest BCUT2D eigenvalue weighted by Gasteiger charge is 2.09. The van der Waals surface area contributed by atoms with Gasteiger partial charge >= 0.3 is 0 Å². The second-order valence-corrected chi connectivity index (χ2v) is 4.08. The molecule has 2 aromatic heterocycles. The van der Waals surface area contributed by atoms with Gasteiger partial charge in [0, 0.05) is 0 Å². The fraction of sp³-hybridized carbons (Fsp3) is 0.111. The van der Waals surface area contributed by atoms with Crippen LogP contribution in [0.3, 0.4) is 0 Å². The third-order valence-corrected chi connectivity index (χ3v) is 3.12. The monoisotopic (exact) mass is 196 g/mol. The molecule has 0 bridgehead atoms. The molecule has 0 spiro atoms. The Bertz CT molecular complexity index is 289. The molecule has 0 aliphatic heterocycles. The highest BCUT2D eigenvalue weighted by molar-refractivity contribution is 7.08. The van der Waals surface area contributed by atoms with Gasteiger partial charge in [-0.15, -0.1) is 0 Å². The summed E-state index contributed by atoms with van der Waals surface area (Å²) in [5, 5.41) is 17.7. The molecular formula is C9H8OS2. The van der Waals surface area contributed by atoms with Gasteiger partial charge < -0.3 is 5.11 Å². The highest BCUT2D eigenvalue weighted by Crippen LogP contribution is 2.24. The largest absolute Gasteiger partial charge is 0.384 e. The van der Waals surface area contributed by atoms with Crippen molar-refractivity contribution < 1.29 is 5.11 Å². The first-order valence-corrected chi connectivity index (χ1v) is 5.49. The second kappa shape index (κ2) is 3.39. The number of aliphatic hydroxyl groups excluding tert-OH is 1. The van der Waals surface area contributed by atoms with Crippen LogP contribution in [0.15, 0.2) is 33.7 Å². The van der Waals surface area contributed by atoms with Crippen molar-refractivity contribution in [2.45, 2.75) is 6.10 Å². The maximum absolute atomic E-state index is 9.78. The molecule has 0 radical (unpaired) electrons. The Morgan fingerprint density at radius 3 is 1.83 bits per heavy atom. The second-order valence-electron chi connectivity index (χ2n) is 2.52. The van der Waals surface area contributed by atoms with Gasteiger partial charge in [-0.2, -0.15) is 22.7 Å². The van der Waals surface area contributed by atoms with Crippen LogP contribution >= 0.6 is 22.7 Å². The van der Waals surface area contributed by atoms with Crippen molar-refractivity contribution in [3.05, 3.63) is 44.8 Å². The minimum atomic E-state index is -0.442. The van der Waals surface area contributed by atoms with Crippen LogP contribution in [0.1, 0.15) is 17.2 Å². The van der Waals surface area contributed by atoms with Gasteiger partial charge in [0.15, 0.2) is 0 Å². The van der Waals surface area contributed by atoms with E-state index in [9.17, 15) is 5.11 Å². The average molecular weight is 196 g/mol. The first-order chi connectivity index (χ1) is 5.88. The molecule has 0 atom stereocenters. The molecule has 0 fully saturated rings. The summed E-state index contributed by atoms with van der Waals surface area (Å²) in [5.74, 6) is 0. The summed E-state index contributed by atoms with van der Waals surface area (Å²) in [6, 6.07) is 3.90. The summed E-state index contributed by atoms with van der Waals surface area (Å²) in [4.78, 5) is 0. The van der Waals surface area contributed by atoms with Crippen molar-refractivity contribution in [2.75, 3.05) is 0 Å². The molecule has 0 amide bonds. The zero-order valence-electron chi connectivity index (χ0n) is 6.31. The number of thiophene rings is 2. The molecule has 0 saturated heterocycles. The molecule has 0 unspecified atom stereocenters. The van der Waals surface area contributed by atoms with Crippen LogP contribution in [0.2, 0.25) is 0 Å². The molecule has 0 aliphatic carbocycles. The molecule has 0 aliphatic rings. The van der Waals surface area contributed by atoms with Crippen LogP contribution in [-0.2, 0) is 0 Å². The Balaban J connectivity index is 2.27. The number of hydrogen-bond acceptors (Lipinski definition) is 3. The lowest BCUT2D eigenvalue weighted by molar-refractivity contribution is 0.221. The Morgan fingerprint density at radius 1 is 1.00 bits per heavy atom. The highest BCUT2D eigenvalue weighted by atomic mass is 32.1. The number of aliphatic hydroxyl groups is 1. The molecule has 2 heterocycles. The van der Waals surface area contributed by atoms with Crippen LogP contribution in [0.4, 0.5) is 0 Å². The van der Waals surface area contributed by atoms with E-state index in [1.54, 1.807) is 22.7 Å². The lowest BCUT2D eigenvalue weighted by atomic mass is 10.1. The van der Waals surface area contributed by atoms with Crippen LogP contribution in [0, 0.1) is 0 Å². The summed E-state index contributed by atoms with van der Waals surface area (Å²) in [5.41, 5.74) is 1.97. The van der Waals surface area contributed by atoms with Crippen molar-refractivity contribution >= 4 is 22.7 Å². The Kier molecular flexibility index (Phi) is 2.26. The van der Waals surface area contributed by atoms with Crippen molar-refractivity contribution in [1.82, 2.24) is 0 Å². The molecule has 1 N–H and O–H groups in total. The smallest absolute Gasteiger partial charge is 0.106 e. The van der Waals surface area contributed by atoms with E-state index in [0.717, 1.165) is 11.1 Å². The van der Waals surface area contributed by atoms with Gasteiger partial charge in [-0.25, -0.2) is 0 Å². The van der Waals surface area contributed by atoms with Crippen molar-refractivity contribution in [3.8, 4) is 0 Å². The van der Waals surface area contributed by atoms with E-state index in [4.69, 9.17) is 0 Å². The number of hydrogen-bond donors (Lipinski definition) is 1. The lowest BCUT2D eigenvalue weighted by Crippen LogP contribution is -1.94.